The van der Waals surface area contributed by atoms with Crippen LogP contribution in [-0.2, 0) is 0 Å². The van der Waals surface area contributed by atoms with Gasteiger partial charge in [0.15, 0.2) is 5.82 Å². The number of fused-ring (bicyclic) bond motifs is 1. The molecule has 0 aliphatic rings. The summed E-state index contributed by atoms with van der Waals surface area (Å²) >= 11 is 0. The molecule has 0 saturated carbocycles. The molecule has 0 spiro atoms. The Morgan fingerprint density at radius 3 is 1.87 bits per heavy atom. The van der Waals surface area contributed by atoms with Crippen LogP contribution in [-0.4, -0.2) is 22.5 Å². The van der Waals surface area contributed by atoms with E-state index < -0.39 is 0 Å². The number of benzene rings is 6. The predicted octanol–water partition coefficient (Wildman–Crippen LogP) is 11.1. The molecule has 0 bridgehead atoms. The lowest BCUT2D eigenvalue weighted by Gasteiger charge is -2.14. The molecule has 6 aromatic carbocycles. The molecule has 0 atom stereocenters. The van der Waals surface area contributed by atoms with Crippen molar-refractivity contribution in [3.63, 3.8) is 0 Å². The first-order valence-electron chi connectivity index (χ1n) is 15.6. The van der Waals surface area contributed by atoms with E-state index in [9.17, 15) is 0 Å². The third-order valence-corrected chi connectivity index (χ3v) is 8.12. The van der Waals surface area contributed by atoms with E-state index in [0.717, 1.165) is 55.9 Å². The van der Waals surface area contributed by atoms with Crippen LogP contribution in [0.5, 0.6) is 0 Å². The van der Waals surface area contributed by atoms with Crippen molar-refractivity contribution in [3.8, 4) is 56.2 Å². The van der Waals surface area contributed by atoms with Crippen LogP contribution in [0.1, 0.15) is 12.5 Å². The fraction of sp³-hybridized carbons (Fsp3) is 0.0233. The Morgan fingerprint density at radius 2 is 1.15 bits per heavy atom. The molecular formula is C43H32N4. The maximum Gasteiger partial charge on any atom is 0.160 e. The molecule has 0 aliphatic carbocycles. The Bertz CT molecular complexity index is 2210. The van der Waals surface area contributed by atoms with E-state index in [1.807, 2.05) is 55.5 Å². The highest BCUT2D eigenvalue weighted by molar-refractivity contribution is 5.98. The largest absolute Gasteiger partial charge is 0.250 e. The Hall–Kier alpha value is -6.26. The summed E-state index contributed by atoms with van der Waals surface area (Å²) in [5, 5.41) is 2.38. The van der Waals surface area contributed by atoms with Crippen molar-refractivity contribution in [2.24, 2.45) is 9.98 Å². The summed E-state index contributed by atoms with van der Waals surface area (Å²) in [5.74, 6) is 0.663. The van der Waals surface area contributed by atoms with Gasteiger partial charge in [-0.05, 0) is 70.3 Å². The SMILES string of the molecule is C=C(N=CN=CC)c1cccc(-c2cc(-c3nc(-c4ccccc4)cc(-c4ccccc4)n3)cc(-c3cccc4ccccc34)c2)c1. The zero-order chi connectivity index (χ0) is 32.0. The van der Waals surface area contributed by atoms with E-state index in [-0.39, 0.29) is 0 Å². The minimum atomic E-state index is 0.647. The van der Waals surface area contributed by atoms with Crippen LogP contribution >= 0.6 is 0 Å². The molecule has 4 nitrogen and oxygen atoms in total. The first-order chi connectivity index (χ1) is 23.2. The molecule has 7 aromatic rings. The molecule has 0 N–H and O–H groups in total. The minimum Gasteiger partial charge on any atom is -0.250 e. The van der Waals surface area contributed by atoms with E-state index >= 15 is 0 Å². The van der Waals surface area contributed by atoms with Crippen molar-refractivity contribution in [1.29, 1.82) is 0 Å². The molecule has 0 saturated heterocycles. The van der Waals surface area contributed by atoms with Gasteiger partial charge in [0.1, 0.15) is 6.34 Å². The number of aliphatic imine (C=N–C) groups is 2. The van der Waals surface area contributed by atoms with Gasteiger partial charge in [0, 0.05) is 28.5 Å². The molecule has 1 heterocycles. The van der Waals surface area contributed by atoms with Crippen LogP contribution in [0, 0.1) is 0 Å². The van der Waals surface area contributed by atoms with E-state index in [2.05, 4.69) is 120 Å². The Kier molecular flexibility index (Phi) is 8.39. The molecule has 1 aromatic heterocycles. The second-order valence-electron chi connectivity index (χ2n) is 11.2. The normalized spacial score (nSPS) is 11.4. The van der Waals surface area contributed by atoms with Gasteiger partial charge < -0.3 is 0 Å². The minimum absolute atomic E-state index is 0.647. The van der Waals surface area contributed by atoms with E-state index in [0.29, 0.717) is 11.5 Å². The van der Waals surface area contributed by atoms with Crippen LogP contribution in [0.2, 0.25) is 0 Å². The van der Waals surface area contributed by atoms with Crippen molar-refractivity contribution in [1.82, 2.24) is 9.97 Å². The molecule has 224 valence electrons. The second-order valence-corrected chi connectivity index (χ2v) is 11.2. The fourth-order valence-corrected chi connectivity index (χ4v) is 5.77. The number of aromatic nitrogens is 2. The van der Waals surface area contributed by atoms with E-state index in [1.165, 1.54) is 17.1 Å². The van der Waals surface area contributed by atoms with Crippen LogP contribution in [0.15, 0.2) is 168 Å². The molecule has 47 heavy (non-hydrogen) atoms. The number of hydrogen-bond donors (Lipinski definition) is 0. The maximum absolute atomic E-state index is 5.16. The summed E-state index contributed by atoms with van der Waals surface area (Å²) in [6.07, 6.45) is 3.22. The zero-order valence-corrected chi connectivity index (χ0v) is 26.1. The van der Waals surface area contributed by atoms with Gasteiger partial charge in [-0.2, -0.15) is 0 Å². The molecule has 0 radical (unpaired) electrons. The van der Waals surface area contributed by atoms with Gasteiger partial charge >= 0.3 is 0 Å². The number of nitrogens with zero attached hydrogens (tertiary/aromatic N) is 4. The summed E-state index contributed by atoms with van der Waals surface area (Å²) in [5.41, 5.74) is 10.7. The summed E-state index contributed by atoms with van der Waals surface area (Å²) < 4.78 is 0. The monoisotopic (exact) mass is 604 g/mol. The third-order valence-electron chi connectivity index (χ3n) is 8.12. The Balaban J connectivity index is 1.45. The highest BCUT2D eigenvalue weighted by Crippen LogP contribution is 2.37. The molecule has 0 aliphatic heterocycles. The van der Waals surface area contributed by atoms with Crippen LogP contribution in [0.25, 0.3) is 72.6 Å². The lowest BCUT2D eigenvalue weighted by Crippen LogP contribution is -1.97. The van der Waals surface area contributed by atoms with Gasteiger partial charge in [-0.25, -0.2) is 20.0 Å². The molecule has 0 fully saturated rings. The van der Waals surface area contributed by atoms with Gasteiger partial charge in [0.25, 0.3) is 0 Å². The van der Waals surface area contributed by atoms with Crippen molar-refractivity contribution in [2.45, 2.75) is 6.92 Å². The molecule has 0 amide bonds. The summed E-state index contributed by atoms with van der Waals surface area (Å²) in [4.78, 5) is 18.8. The fourth-order valence-electron chi connectivity index (χ4n) is 5.77. The summed E-state index contributed by atoms with van der Waals surface area (Å²) in [6, 6.07) is 52.5. The van der Waals surface area contributed by atoms with Crippen LogP contribution < -0.4 is 0 Å². The lowest BCUT2D eigenvalue weighted by atomic mass is 9.92. The Morgan fingerprint density at radius 1 is 0.553 bits per heavy atom. The van der Waals surface area contributed by atoms with Crippen molar-refractivity contribution in [2.75, 3.05) is 0 Å². The summed E-state index contributed by atoms with van der Waals surface area (Å²) in [6.45, 7) is 6.04. The van der Waals surface area contributed by atoms with Crippen molar-refractivity contribution >= 4 is 29.0 Å². The molecule has 0 unspecified atom stereocenters. The molecular weight excluding hydrogens is 573 g/mol. The van der Waals surface area contributed by atoms with Crippen molar-refractivity contribution in [3.05, 3.63) is 164 Å². The average molecular weight is 605 g/mol. The molecule has 7 rings (SSSR count). The van der Waals surface area contributed by atoms with Crippen LogP contribution in [0.4, 0.5) is 0 Å². The Labute approximate surface area is 275 Å². The van der Waals surface area contributed by atoms with Gasteiger partial charge in [-0.15, -0.1) is 0 Å². The van der Waals surface area contributed by atoms with E-state index in [1.54, 1.807) is 6.21 Å². The number of rotatable bonds is 8. The van der Waals surface area contributed by atoms with Gasteiger partial charge in [0.2, 0.25) is 0 Å². The maximum atomic E-state index is 5.16. The summed E-state index contributed by atoms with van der Waals surface area (Å²) in [7, 11) is 0. The lowest BCUT2D eigenvalue weighted by molar-refractivity contribution is 1.18. The highest BCUT2D eigenvalue weighted by atomic mass is 14.9. The second kappa shape index (κ2) is 13.4. The average Bonchev–Trinajstić information content (AvgIpc) is 3.15. The quantitative estimate of drug-likeness (QED) is 0.128. The van der Waals surface area contributed by atoms with E-state index in [4.69, 9.17) is 9.97 Å². The zero-order valence-electron chi connectivity index (χ0n) is 26.1. The third kappa shape index (κ3) is 6.44. The highest BCUT2D eigenvalue weighted by Gasteiger charge is 2.15. The molecule has 4 heteroatoms. The van der Waals surface area contributed by atoms with Crippen LogP contribution in [0.3, 0.4) is 0 Å². The number of hydrogen-bond acceptors (Lipinski definition) is 3. The predicted molar refractivity (Wildman–Crippen MR) is 198 cm³/mol. The first-order valence-corrected chi connectivity index (χ1v) is 15.6. The van der Waals surface area contributed by atoms with Gasteiger partial charge in [-0.1, -0.05) is 128 Å². The van der Waals surface area contributed by atoms with Crippen molar-refractivity contribution < 1.29 is 0 Å². The smallest absolute Gasteiger partial charge is 0.160 e. The van der Waals surface area contributed by atoms with Gasteiger partial charge in [-0.3, -0.25) is 0 Å². The standard InChI is InChI=1S/C43H32N4/c1-3-44-29-45-30(2)34-20-12-21-35(24-34)36-25-37(40-23-13-19-31-14-10-11-22-39(31)40)27-38(26-36)43-46-41(32-15-6-4-7-16-32)28-42(47-43)33-17-8-5-9-18-33/h3-29H,2H2,1H3. The first kappa shape index (κ1) is 29.5. The van der Waals surface area contributed by atoms with Gasteiger partial charge in [0.05, 0.1) is 17.1 Å². The topological polar surface area (TPSA) is 50.5 Å².